The highest BCUT2D eigenvalue weighted by Gasteiger charge is 2.41. The van der Waals surface area contributed by atoms with Crippen LogP contribution < -0.4 is 11.1 Å². The van der Waals surface area contributed by atoms with E-state index in [0.717, 1.165) is 12.8 Å². The Morgan fingerprint density at radius 2 is 2.00 bits per heavy atom. The maximum atomic E-state index is 13.8. The molecule has 8 heteroatoms. The molecule has 1 aliphatic rings. The highest BCUT2D eigenvalue weighted by Crippen LogP contribution is 2.39. The van der Waals surface area contributed by atoms with Crippen molar-refractivity contribution in [3.05, 3.63) is 33.9 Å². The Kier molecular flexibility index (Phi) is 4.17. The molecule has 0 bridgehead atoms. The lowest BCUT2D eigenvalue weighted by Gasteiger charge is -2.25. The van der Waals surface area contributed by atoms with Crippen molar-refractivity contribution < 1.29 is 18.5 Å². The Hall–Kier alpha value is -2.09. The summed E-state index contributed by atoms with van der Waals surface area (Å²) in [6.07, 6.45) is 2.73. The molecule has 1 saturated carbocycles. The Balaban J connectivity index is 2.35. The zero-order valence-corrected chi connectivity index (χ0v) is 11.2. The van der Waals surface area contributed by atoms with Crippen molar-refractivity contribution in [1.29, 1.82) is 0 Å². The molecule has 1 fully saturated rings. The molecule has 1 aliphatic carbocycles. The van der Waals surface area contributed by atoms with E-state index >= 15 is 0 Å². The van der Waals surface area contributed by atoms with Crippen molar-refractivity contribution in [3.8, 4) is 0 Å². The summed E-state index contributed by atoms with van der Waals surface area (Å²) >= 11 is 0. The average molecular weight is 299 g/mol. The Bertz CT molecular complexity index is 586. The van der Waals surface area contributed by atoms with Crippen LogP contribution in [0.15, 0.2) is 12.1 Å². The molecule has 0 unspecified atom stereocenters. The lowest BCUT2D eigenvalue weighted by Crippen LogP contribution is -2.40. The second kappa shape index (κ2) is 5.72. The van der Waals surface area contributed by atoms with E-state index in [1.54, 1.807) is 0 Å². The highest BCUT2D eigenvalue weighted by molar-refractivity contribution is 5.97. The summed E-state index contributed by atoms with van der Waals surface area (Å²) in [5.74, 6) is -2.82. The molecule has 0 aliphatic heterocycles. The van der Waals surface area contributed by atoms with Gasteiger partial charge in [0.15, 0.2) is 11.5 Å². The van der Waals surface area contributed by atoms with Gasteiger partial charge in [-0.05, 0) is 12.8 Å². The molecule has 6 nitrogen and oxygen atoms in total. The molecule has 1 aromatic rings. The maximum absolute atomic E-state index is 13.8. The fourth-order valence-corrected chi connectivity index (χ4v) is 2.65. The number of hydrogen-bond donors (Lipinski definition) is 2. The van der Waals surface area contributed by atoms with Crippen LogP contribution in [0.5, 0.6) is 0 Å². The number of hydrogen-bond acceptors (Lipinski definition) is 4. The van der Waals surface area contributed by atoms with Crippen LogP contribution >= 0.6 is 0 Å². The van der Waals surface area contributed by atoms with Crippen molar-refractivity contribution >= 4 is 17.3 Å². The van der Waals surface area contributed by atoms with Crippen LogP contribution in [-0.2, 0) is 4.79 Å². The number of carbonyl (C=O) groups excluding carboxylic acids is 1. The Morgan fingerprint density at radius 3 is 2.52 bits per heavy atom. The summed E-state index contributed by atoms with van der Waals surface area (Å²) < 4.78 is 26.8. The maximum Gasteiger partial charge on any atom is 0.298 e. The van der Waals surface area contributed by atoms with E-state index in [1.165, 1.54) is 0 Å². The van der Waals surface area contributed by atoms with Crippen molar-refractivity contribution in [3.63, 3.8) is 0 Å². The van der Waals surface area contributed by atoms with Crippen LogP contribution in [0.25, 0.3) is 0 Å². The number of nitrogens with one attached hydrogen (secondary N) is 1. The number of nitro benzene ring substituents is 1. The average Bonchev–Trinajstić information content (AvgIpc) is 2.91. The van der Waals surface area contributed by atoms with Gasteiger partial charge in [0, 0.05) is 12.6 Å². The molecule has 0 aromatic heterocycles. The summed E-state index contributed by atoms with van der Waals surface area (Å²) in [6.45, 7) is 0.0788. The molecule has 0 spiro atoms. The molecule has 21 heavy (non-hydrogen) atoms. The quantitative estimate of drug-likeness (QED) is 0.658. The molecular formula is C13H15F2N3O3. The monoisotopic (exact) mass is 299 g/mol. The van der Waals surface area contributed by atoms with Crippen LogP contribution in [-0.4, -0.2) is 17.4 Å². The number of benzene rings is 1. The number of amides is 1. The minimum atomic E-state index is -1.18. The van der Waals surface area contributed by atoms with Gasteiger partial charge in [-0.15, -0.1) is 0 Å². The third-order valence-electron chi connectivity index (χ3n) is 3.90. The molecule has 0 radical (unpaired) electrons. The van der Waals surface area contributed by atoms with Crippen molar-refractivity contribution in [2.45, 2.75) is 25.7 Å². The molecule has 114 valence electrons. The van der Waals surface area contributed by atoms with Crippen LogP contribution in [0.3, 0.4) is 0 Å². The lowest BCUT2D eigenvalue weighted by molar-refractivity contribution is -0.384. The summed E-state index contributed by atoms with van der Waals surface area (Å²) in [4.78, 5) is 22.2. The van der Waals surface area contributed by atoms with E-state index in [0.29, 0.717) is 25.0 Å². The molecule has 0 saturated heterocycles. The standard InChI is InChI=1S/C13H15F2N3O3/c14-8-5-9(15)11(10(6-8)18(20)21)17-12(19)13(7-16)3-1-2-4-13/h5-6H,1-4,7,16H2,(H,17,19). The number of anilines is 1. The second-order valence-electron chi connectivity index (χ2n) is 5.18. The number of carbonyl (C=O) groups is 1. The van der Waals surface area contributed by atoms with Crippen LogP contribution in [0.1, 0.15) is 25.7 Å². The Morgan fingerprint density at radius 1 is 1.38 bits per heavy atom. The highest BCUT2D eigenvalue weighted by atomic mass is 19.1. The van der Waals surface area contributed by atoms with E-state index < -0.39 is 39.3 Å². The number of nitro groups is 1. The smallest absolute Gasteiger partial charge is 0.298 e. The van der Waals surface area contributed by atoms with Gasteiger partial charge in [0.1, 0.15) is 5.82 Å². The number of nitrogens with zero attached hydrogens (tertiary/aromatic N) is 1. The van der Waals surface area contributed by atoms with Crippen LogP contribution in [0.2, 0.25) is 0 Å². The minimum Gasteiger partial charge on any atom is -0.329 e. The SMILES string of the molecule is NCC1(C(=O)Nc2c(F)cc(F)cc2[N+](=O)[O-])CCCC1. The van der Waals surface area contributed by atoms with Crippen molar-refractivity contribution in [2.75, 3.05) is 11.9 Å². The fourth-order valence-electron chi connectivity index (χ4n) is 2.65. The zero-order chi connectivity index (χ0) is 15.6. The molecule has 0 atom stereocenters. The summed E-state index contributed by atoms with van der Waals surface area (Å²) in [7, 11) is 0. The van der Waals surface area contributed by atoms with E-state index in [9.17, 15) is 23.7 Å². The fraction of sp³-hybridized carbons (Fsp3) is 0.462. The van der Waals surface area contributed by atoms with Crippen LogP contribution in [0, 0.1) is 27.2 Å². The first kappa shape index (κ1) is 15.3. The molecular weight excluding hydrogens is 284 g/mol. The summed E-state index contributed by atoms with van der Waals surface area (Å²) in [5, 5.41) is 13.1. The van der Waals surface area contributed by atoms with E-state index in [1.807, 2.05) is 0 Å². The van der Waals surface area contributed by atoms with E-state index in [2.05, 4.69) is 5.32 Å². The topological polar surface area (TPSA) is 98.3 Å². The lowest BCUT2D eigenvalue weighted by atomic mass is 9.85. The molecule has 1 amide bonds. The van der Waals surface area contributed by atoms with Gasteiger partial charge < -0.3 is 11.1 Å². The first-order valence-electron chi connectivity index (χ1n) is 6.54. The first-order chi connectivity index (χ1) is 9.89. The molecule has 0 heterocycles. The predicted molar refractivity (Wildman–Crippen MR) is 71.6 cm³/mol. The minimum absolute atomic E-state index is 0.0788. The predicted octanol–water partition coefficient (Wildman–Crippen LogP) is 2.33. The van der Waals surface area contributed by atoms with Gasteiger partial charge in [-0.3, -0.25) is 14.9 Å². The van der Waals surface area contributed by atoms with Gasteiger partial charge in [-0.1, -0.05) is 12.8 Å². The largest absolute Gasteiger partial charge is 0.329 e. The zero-order valence-electron chi connectivity index (χ0n) is 11.2. The molecule has 1 aromatic carbocycles. The van der Waals surface area contributed by atoms with Gasteiger partial charge >= 0.3 is 0 Å². The van der Waals surface area contributed by atoms with E-state index in [4.69, 9.17) is 5.73 Å². The molecule has 2 rings (SSSR count). The van der Waals surface area contributed by atoms with Crippen molar-refractivity contribution in [1.82, 2.24) is 0 Å². The number of rotatable bonds is 4. The molecule has 3 N–H and O–H groups in total. The van der Waals surface area contributed by atoms with Gasteiger partial charge in [0.2, 0.25) is 5.91 Å². The Labute approximate surface area is 119 Å². The van der Waals surface area contributed by atoms with Gasteiger partial charge in [-0.25, -0.2) is 8.78 Å². The number of nitrogens with two attached hydrogens (primary N) is 1. The van der Waals surface area contributed by atoms with Crippen molar-refractivity contribution in [2.24, 2.45) is 11.1 Å². The number of halogens is 2. The van der Waals surface area contributed by atoms with E-state index in [-0.39, 0.29) is 6.54 Å². The van der Waals surface area contributed by atoms with Gasteiger partial charge in [0.05, 0.1) is 16.4 Å². The second-order valence-corrected chi connectivity index (χ2v) is 5.18. The normalized spacial score (nSPS) is 16.7. The first-order valence-corrected chi connectivity index (χ1v) is 6.54. The summed E-state index contributed by atoms with van der Waals surface area (Å²) in [6, 6.07) is 1.06. The van der Waals surface area contributed by atoms with Gasteiger partial charge in [0.25, 0.3) is 5.69 Å². The van der Waals surface area contributed by atoms with Gasteiger partial charge in [-0.2, -0.15) is 0 Å². The third-order valence-corrected chi connectivity index (χ3v) is 3.90. The summed E-state index contributed by atoms with van der Waals surface area (Å²) in [5.41, 5.74) is 3.36. The third kappa shape index (κ3) is 2.85. The van der Waals surface area contributed by atoms with Crippen LogP contribution in [0.4, 0.5) is 20.2 Å².